The third kappa shape index (κ3) is 3.19. The molecule has 0 amide bonds. The van der Waals surface area contributed by atoms with Crippen LogP contribution < -0.4 is 4.74 Å². The Morgan fingerprint density at radius 2 is 1.79 bits per heavy atom. The fourth-order valence-electron chi connectivity index (χ4n) is 2.08. The van der Waals surface area contributed by atoms with Crippen LogP contribution in [0.2, 0.25) is 0 Å². The van der Waals surface area contributed by atoms with Crippen LogP contribution in [0.25, 0.3) is 0 Å². The summed E-state index contributed by atoms with van der Waals surface area (Å²) < 4.78 is 5.70. The van der Waals surface area contributed by atoms with E-state index in [-0.39, 0.29) is 4.83 Å². The zero-order valence-corrected chi connectivity index (χ0v) is 13.2. The average Bonchev–Trinajstić information content (AvgIpc) is 2.42. The van der Waals surface area contributed by atoms with Crippen LogP contribution >= 0.6 is 15.9 Å². The number of para-hydroxylation sites is 1. The highest BCUT2D eigenvalue weighted by Crippen LogP contribution is 2.37. The van der Waals surface area contributed by atoms with Gasteiger partial charge in [0.2, 0.25) is 0 Å². The molecule has 2 heteroatoms. The minimum absolute atomic E-state index is 0.162. The van der Waals surface area contributed by atoms with Gasteiger partial charge in [-0.15, -0.1) is 0 Å². The molecule has 100 valence electrons. The molecule has 1 nitrogen and oxygen atoms in total. The molecule has 0 bridgehead atoms. The van der Waals surface area contributed by atoms with Gasteiger partial charge in [-0.25, -0.2) is 0 Å². The standard InChI is InChI=1S/C17H19BrO/c1-4-19-16-8-6-5-7-15(16)17(18)14-10-9-12(2)13(3)11-14/h5-11,17H,4H2,1-3H3. The van der Waals surface area contributed by atoms with Crippen molar-refractivity contribution in [3.63, 3.8) is 0 Å². The molecule has 2 aromatic carbocycles. The van der Waals surface area contributed by atoms with E-state index in [4.69, 9.17) is 4.74 Å². The monoisotopic (exact) mass is 318 g/mol. The quantitative estimate of drug-likeness (QED) is 0.705. The van der Waals surface area contributed by atoms with Gasteiger partial charge in [0.15, 0.2) is 0 Å². The number of alkyl halides is 1. The first-order chi connectivity index (χ1) is 9.13. The summed E-state index contributed by atoms with van der Waals surface area (Å²) >= 11 is 3.79. The van der Waals surface area contributed by atoms with Crippen molar-refractivity contribution in [3.05, 3.63) is 64.7 Å². The lowest BCUT2D eigenvalue weighted by Crippen LogP contribution is -2.00. The van der Waals surface area contributed by atoms with Crippen LogP contribution in [0.15, 0.2) is 42.5 Å². The molecule has 1 atom stereocenters. The third-order valence-corrected chi connectivity index (χ3v) is 4.34. The molecule has 0 spiro atoms. The van der Waals surface area contributed by atoms with E-state index < -0.39 is 0 Å². The van der Waals surface area contributed by atoms with E-state index >= 15 is 0 Å². The molecule has 1 unspecified atom stereocenters. The Hall–Kier alpha value is -1.28. The molecule has 2 aromatic rings. The Labute approximate surface area is 123 Å². The SMILES string of the molecule is CCOc1ccccc1C(Br)c1ccc(C)c(C)c1. The predicted molar refractivity (Wildman–Crippen MR) is 84.3 cm³/mol. The van der Waals surface area contributed by atoms with Crippen molar-refractivity contribution >= 4 is 15.9 Å². The summed E-state index contributed by atoms with van der Waals surface area (Å²) in [4.78, 5) is 0.162. The van der Waals surface area contributed by atoms with E-state index in [9.17, 15) is 0 Å². The maximum atomic E-state index is 5.70. The second kappa shape index (κ2) is 6.25. The minimum Gasteiger partial charge on any atom is -0.494 e. The fraction of sp³-hybridized carbons (Fsp3) is 0.294. The summed E-state index contributed by atoms with van der Waals surface area (Å²) in [7, 11) is 0. The van der Waals surface area contributed by atoms with Crippen molar-refractivity contribution in [1.29, 1.82) is 0 Å². The number of benzene rings is 2. The van der Waals surface area contributed by atoms with Gasteiger partial charge in [0.05, 0.1) is 11.4 Å². The maximum Gasteiger partial charge on any atom is 0.123 e. The third-order valence-electron chi connectivity index (χ3n) is 3.32. The Kier molecular flexibility index (Phi) is 4.65. The number of hydrogen-bond acceptors (Lipinski definition) is 1. The summed E-state index contributed by atoms with van der Waals surface area (Å²) in [6, 6.07) is 14.8. The van der Waals surface area contributed by atoms with Crippen molar-refractivity contribution in [3.8, 4) is 5.75 Å². The van der Waals surface area contributed by atoms with Crippen molar-refractivity contribution in [2.75, 3.05) is 6.61 Å². The van der Waals surface area contributed by atoms with Crippen LogP contribution in [0.1, 0.15) is 34.0 Å². The van der Waals surface area contributed by atoms with Gasteiger partial charge in [-0.3, -0.25) is 0 Å². The smallest absolute Gasteiger partial charge is 0.123 e. The molecule has 0 aliphatic rings. The van der Waals surface area contributed by atoms with Gasteiger partial charge in [0.25, 0.3) is 0 Å². The highest BCUT2D eigenvalue weighted by Gasteiger charge is 2.15. The van der Waals surface area contributed by atoms with Gasteiger partial charge in [0, 0.05) is 5.56 Å². The lowest BCUT2D eigenvalue weighted by atomic mass is 10.00. The molecule has 2 rings (SSSR count). The first kappa shape index (κ1) is 14.1. The van der Waals surface area contributed by atoms with Crippen LogP contribution in [0, 0.1) is 13.8 Å². The van der Waals surface area contributed by atoms with Crippen molar-refractivity contribution in [1.82, 2.24) is 0 Å². The number of aryl methyl sites for hydroxylation is 2. The minimum atomic E-state index is 0.162. The Balaban J connectivity index is 2.37. The highest BCUT2D eigenvalue weighted by atomic mass is 79.9. The Bertz CT molecular complexity index is 563. The molecule has 0 aromatic heterocycles. The van der Waals surface area contributed by atoms with Gasteiger partial charge >= 0.3 is 0 Å². The Morgan fingerprint density at radius 3 is 2.47 bits per heavy atom. The molecule has 0 aliphatic heterocycles. The molecule has 0 N–H and O–H groups in total. The van der Waals surface area contributed by atoms with Crippen LogP contribution in [0.5, 0.6) is 5.75 Å². The number of halogens is 1. The first-order valence-corrected chi connectivity index (χ1v) is 7.48. The summed E-state index contributed by atoms with van der Waals surface area (Å²) in [5, 5.41) is 0. The van der Waals surface area contributed by atoms with Crippen LogP contribution in [-0.2, 0) is 0 Å². The summed E-state index contributed by atoms with van der Waals surface area (Å²) in [6.07, 6.45) is 0. The highest BCUT2D eigenvalue weighted by molar-refractivity contribution is 9.09. The van der Waals surface area contributed by atoms with E-state index in [2.05, 4.69) is 54.0 Å². The number of ether oxygens (including phenoxy) is 1. The summed E-state index contributed by atoms with van der Waals surface area (Å²) in [5.74, 6) is 0.949. The zero-order chi connectivity index (χ0) is 13.8. The summed E-state index contributed by atoms with van der Waals surface area (Å²) in [6.45, 7) is 6.98. The van der Waals surface area contributed by atoms with E-state index in [1.54, 1.807) is 0 Å². The van der Waals surface area contributed by atoms with Gasteiger partial charge in [-0.05, 0) is 43.5 Å². The zero-order valence-electron chi connectivity index (χ0n) is 11.6. The van der Waals surface area contributed by atoms with E-state index in [1.807, 2.05) is 25.1 Å². The number of hydrogen-bond donors (Lipinski definition) is 0. The number of rotatable bonds is 4. The van der Waals surface area contributed by atoms with Crippen molar-refractivity contribution in [2.45, 2.75) is 25.6 Å². The lowest BCUT2D eigenvalue weighted by molar-refractivity contribution is 0.337. The topological polar surface area (TPSA) is 9.23 Å². The average molecular weight is 319 g/mol. The van der Waals surface area contributed by atoms with Crippen LogP contribution in [0.4, 0.5) is 0 Å². The molecule has 0 radical (unpaired) electrons. The van der Waals surface area contributed by atoms with Gasteiger partial charge in [-0.2, -0.15) is 0 Å². The van der Waals surface area contributed by atoms with E-state index in [0.717, 1.165) is 5.75 Å². The van der Waals surface area contributed by atoms with Gasteiger partial charge in [0.1, 0.15) is 5.75 Å². The van der Waals surface area contributed by atoms with Crippen molar-refractivity contribution < 1.29 is 4.74 Å². The van der Waals surface area contributed by atoms with Crippen molar-refractivity contribution in [2.24, 2.45) is 0 Å². The molecule has 0 fully saturated rings. The molecular weight excluding hydrogens is 300 g/mol. The second-order valence-corrected chi connectivity index (χ2v) is 5.59. The van der Waals surface area contributed by atoms with Crippen LogP contribution in [0.3, 0.4) is 0 Å². The first-order valence-electron chi connectivity index (χ1n) is 6.56. The molecule has 0 aliphatic carbocycles. The molecule has 19 heavy (non-hydrogen) atoms. The molecule has 0 heterocycles. The lowest BCUT2D eigenvalue weighted by Gasteiger charge is -2.16. The predicted octanol–water partition coefficient (Wildman–Crippen LogP) is 5.19. The van der Waals surface area contributed by atoms with Crippen LogP contribution in [-0.4, -0.2) is 6.61 Å². The second-order valence-electron chi connectivity index (χ2n) is 4.68. The van der Waals surface area contributed by atoms with E-state index in [1.165, 1.54) is 22.3 Å². The maximum absolute atomic E-state index is 5.70. The molecular formula is C17H19BrO. The fourth-order valence-corrected chi connectivity index (χ4v) is 2.74. The van der Waals surface area contributed by atoms with E-state index in [0.29, 0.717) is 6.61 Å². The van der Waals surface area contributed by atoms with Gasteiger partial charge in [-0.1, -0.05) is 52.3 Å². The van der Waals surface area contributed by atoms with Gasteiger partial charge < -0.3 is 4.74 Å². The molecule has 0 saturated carbocycles. The molecule has 0 saturated heterocycles. The normalized spacial score (nSPS) is 12.2. The largest absolute Gasteiger partial charge is 0.494 e. The Morgan fingerprint density at radius 1 is 1.05 bits per heavy atom. The summed E-state index contributed by atoms with van der Waals surface area (Å²) in [5.41, 5.74) is 5.07.